The van der Waals surface area contributed by atoms with E-state index in [9.17, 15) is 14.4 Å². The smallest absolute Gasteiger partial charge is 0.306 e. The van der Waals surface area contributed by atoms with Gasteiger partial charge in [-0.1, -0.05) is 247 Å². The van der Waals surface area contributed by atoms with Gasteiger partial charge in [-0.25, -0.2) is 0 Å². The number of ether oxygens (including phenoxy) is 3. The lowest BCUT2D eigenvalue weighted by Crippen LogP contribution is -2.30. The van der Waals surface area contributed by atoms with Crippen molar-refractivity contribution in [2.24, 2.45) is 17.8 Å². The van der Waals surface area contributed by atoms with Crippen molar-refractivity contribution in [3.05, 3.63) is 0 Å². The van der Waals surface area contributed by atoms with E-state index in [-0.39, 0.29) is 31.1 Å². The van der Waals surface area contributed by atoms with Crippen LogP contribution in [0.1, 0.15) is 286 Å². The summed E-state index contributed by atoms with van der Waals surface area (Å²) in [5, 5.41) is 0. The minimum absolute atomic E-state index is 0.0655. The van der Waals surface area contributed by atoms with Gasteiger partial charge in [0, 0.05) is 19.3 Å². The Hall–Kier alpha value is -1.59. The fourth-order valence-electron chi connectivity index (χ4n) is 7.94. The quantitative estimate of drug-likeness (QED) is 0.0345. The Morgan fingerprint density at radius 3 is 0.729 bits per heavy atom. The first-order valence-corrected chi connectivity index (χ1v) is 26.1. The highest BCUT2D eigenvalue weighted by molar-refractivity contribution is 5.71. The van der Waals surface area contributed by atoms with Gasteiger partial charge in [-0.2, -0.15) is 0 Å². The Bertz CT molecular complexity index is 914. The second kappa shape index (κ2) is 44.5. The van der Waals surface area contributed by atoms with Crippen LogP contribution in [0, 0.1) is 17.8 Å². The van der Waals surface area contributed by atoms with E-state index in [1.165, 1.54) is 167 Å². The topological polar surface area (TPSA) is 78.9 Å². The maximum Gasteiger partial charge on any atom is 0.306 e. The Morgan fingerprint density at radius 1 is 0.288 bits per heavy atom. The zero-order valence-corrected chi connectivity index (χ0v) is 40.5. The largest absolute Gasteiger partial charge is 0.462 e. The maximum atomic E-state index is 12.8. The molecule has 0 aromatic heterocycles. The molecule has 0 radical (unpaired) electrons. The average Bonchev–Trinajstić information content (AvgIpc) is 3.19. The summed E-state index contributed by atoms with van der Waals surface area (Å²) in [6.45, 7) is 13.7. The molecule has 0 aliphatic carbocycles. The van der Waals surface area contributed by atoms with Crippen LogP contribution < -0.4 is 0 Å². The molecule has 0 aliphatic heterocycles. The first-order valence-electron chi connectivity index (χ1n) is 26.1. The predicted octanol–water partition coefficient (Wildman–Crippen LogP) is 16.8. The summed E-state index contributed by atoms with van der Waals surface area (Å²) in [4.78, 5) is 37.9. The SMILES string of the molecule is CC(C)CCCCCCCCCCCCCCCCCCC(=O)O[C@@H](COC(=O)CCCCCCCCCCCCC(C)C)COC(=O)CCCCCCCCC(C)C. The highest BCUT2D eigenvalue weighted by Gasteiger charge is 2.19. The highest BCUT2D eigenvalue weighted by atomic mass is 16.6. The molecule has 0 aromatic rings. The van der Waals surface area contributed by atoms with E-state index >= 15 is 0 Å². The van der Waals surface area contributed by atoms with Gasteiger partial charge >= 0.3 is 17.9 Å². The molecule has 1 atom stereocenters. The van der Waals surface area contributed by atoms with Crippen LogP contribution in [0.15, 0.2) is 0 Å². The Kier molecular flexibility index (Phi) is 43.3. The van der Waals surface area contributed by atoms with Crippen molar-refractivity contribution in [1.29, 1.82) is 0 Å². The van der Waals surface area contributed by atoms with Crippen molar-refractivity contribution in [2.45, 2.75) is 292 Å². The van der Waals surface area contributed by atoms with E-state index < -0.39 is 6.10 Å². The standard InChI is InChI=1S/C53H102O6/c1-47(2)39-33-27-21-17-13-11-9-7-8-10-12-14-20-24-32-38-44-53(56)59-50(46-58-52(55)43-37-31-26-25-29-35-41-49(5)6)45-57-51(54)42-36-30-23-19-16-15-18-22-28-34-40-48(3)4/h47-50H,7-46H2,1-6H3/t50-/m0/s1. The molecule has 0 rings (SSSR count). The van der Waals surface area contributed by atoms with Crippen molar-refractivity contribution in [3.8, 4) is 0 Å². The molecule has 0 bridgehead atoms. The van der Waals surface area contributed by atoms with E-state index in [1.807, 2.05) is 0 Å². The van der Waals surface area contributed by atoms with Gasteiger partial charge in [-0.15, -0.1) is 0 Å². The minimum atomic E-state index is -0.763. The lowest BCUT2D eigenvalue weighted by atomic mass is 10.0. The van der Waals surface area contributed by atoms with E-state index in [0.717, 1.165) is 75.5 Å². The Morgan fingerprint density at radius 2 is 0.492 bits per heavy atom. The molecule has 0 heterocycles. The first-order chi connectivity index (χ1) is 28.6. The second-order valence-electron chi connectivity index (χ2n) is 19.6. The zero-order chi connectivity index (χ0) is 43.4. The minimum Gasteiger partial charge on any atom is -0.462 e. The van der Waals surface area contributed by atoms with Crippen LogP contribution in [0.2, 0.25) is 0 Å². The van der Waals surface area contributed by atoms with Gasteiger partial charge < -0.3 is 14.2 Å². The van der Waals surface area contributed by atoms with E-state index in [0.29, 0.717) is 19.3 Å². The van der Waals surface area contributed by atoms with E-state index in [4.69, 9.17) is 14.2 Å². The van der Waals surface area contributed by atoms with Crippen LogP contribution in [-0.4, -0.2) is 37.2 Å². The molecular formula is C53H102O6. The lowest BCUT2D eigenvalue weighted by molar-refractivity contribution is -0.167. The third-order valence-corrected chi connectivity index (χ3v) is 11.9. The molecule has 0 fully saturated rings. The molecule has 6 nitrogen and oxygen atoms in total. The number of hydrogen-bond acceptors (Lipinski definition) is 6. The van der Waals surface area contributed by atoms with Crippen molar-refractivity contribution in [2.75, 3.05) is 13.2 Å². The average molecular weight is 835 g/mol. The second-order valence-corrected chi connectivity index (χ2v) is 19.6. The molecule has 350 valence electrons. The van der Waals surface area contributed by atoms with Crippen LogP contribution in [0.25, 0.3) is 0 Å². The molecule has 0 saturated heterocycles. The molecule has 0 amide bonds. The van der Waals surface area contributed by atoms with Crippen LogP contribution in [0.4, 0.5) is 0 Å². The number of rotatable bonds is 46. The van der Waals surface area contributed by atoms with Gasteiger partial charge in [-0.3, -0.25) is 14.4 Å². The van der Waals surface area contributed by atoms with Crippen molar-refractivity contribution < 1.29 is 28.6 Å². The van der Waals surface area contributed by atoms with Gasteiger partial charge in [0.1, 0.15) is 13.2 Å². The molecule has 6 heteroatoms. The normalized spacial score (nSPS) is 12.2. The molecular weight excluding hydrogens is 733 g/mol. The fraction of sp³-hybridized carbons (Fsp3) is 0.943. The molecule has 0 saturated carbocycles. The number of hydrogen-bond donors (Lipinski definition) is 0. The van der Waals surface area contributed by atoms with Gasteiger partial charge in [0.05, 0.1) is 0 Å². The number of carbonyl (C=O) groups excluding carboxylic acids is 3. The van der Waals surface area contributed by atoms with Crippen molar-refractivity contribution >= 4 is 17.9 Å². The number of carbonyl (C=O) groups is 3. The van der Waals surface area contributed by atoms with Crippen molar-refractivity contribution in [1.82, 2.24) is 0 Å². The third kappa shape index (κ3) is 47.3. The van der Waals surface area contributed by atoms with Gasteiger partial charge in [-0.05, 0) is 37.0 Å². The molecule has 59 heavy (non-hydrogen) atoms. The highest BCUT2D eigenvalue weighted by Crippen LogP contribution is 2.18. The first kappa shape index (κ1) is 57.4. The summed E-state index contributed by atoms with van der Waals surface area (Å²) in [5.74, 6) is 1.58. The van der Waals surface area contributed by atoms with E-state index in [1.54, 1.807) is 0 Å². The summed E-state index contributed by atoms with van der Waals surface area (Å²) in [5.41, 5.74) is 0. The predicted molar refractivity (Wildman–Crippen MR) is 252 cm³/mol. The van der Waals surface area contributed by atoms with Gasteiger partial charge in [0.25, 0.3) is 0 Å². The summed E-state index contributed by atoms with van der Waals surface area (Å²) >= 11 is 0. The summed E-state index contributed by atoms with van der Waals surface area (Å²) in [7, 11) is 0. The zero-order valence-electron chi connectivity index (χ0n) is 40.5. The van der Waals surface area contributed by atoms with Crippen LogP contribution in [0.3, 0.4) is 0 Å². The van der Waals surface area contributed by atoms with E-state index in [2.05, 4.69) is 41.5 Å². The van der Waals surface area contributed by atoms with Crippen LogP contribution in [-0.2, 0) is 28.6 Å². The number of unbranched alkanes of at least 4 members (excludes halogenated alkanes) is 29. The summed E-state index contributed by atoms with van der Waals surface area (Å²) in [6.07, 6.45) is 43.9. The summed E-state index contributed by atoms with van der Waals surface area (Å²) < 4.78 is 16.8. The van der Waals surface area contributed by atoms with Gasteiger partial charge in [0.15, 0.2) is 6.10 Å². The third-order valence-electron chi connectivity index (χ3n) is 11.9. The Balaban J connectivity index is 4.24. The lowest BCUT2D eigenvalue weighted by Gasteiger charge is -2.18. The van der Waals surface area contributed by atoms with Crippen molar-refractivity contribution in [3.63, 3.8) is 0 Å². The molecule has 0 N–H and O–H groups in total. The molecule has 0 spiro atoms. The molecule has 0 aromatic carbocycles. The molecule has 0 unspecified atom stereocenters. The fourth-order valence-corrected chi connectivity index (χ4v) is 7.94. The summed E-state index contributed by atoms with van der Waals surface area (Å²) in [6, 6.07) is 0. The monoisotopic (exact) mass is 835 g/mol. The van der Waals surface area contributed by atoms with Crippen LogP contribution >= 0.6 is 0 Å². The van der Waals surface area contributed by atoms with Gasteiger partial charge in [0.2, 0.25) is 0 Å². The Labute approximate surface area is 368 Å². The number of esters is 3. The molecule has 0 aliphatic rings. The maximum absolute atomic E-state index is 12.8. The van der Waals surface area contributed by atoms with Crippen LogP contribution in [0.5, 0.6) is 0 Å².